The summed E-state index contributed by atoms with van der Waals surface area (Å²) in [4.78, 5) is 4.36. The largest absolute Gasteiger partial charge is 0.371 e. The Hall–Kier alpha value is -0.570. The van der Waals surface area contributed by atoms with Crippen LogP contribution >= 0.6 is 0 Å². The van der Waals surface area contributed by atoms with Crippen molar-refractivity contribution in [1.82, 2.24) is 10.6 Å². The molecule has 3 nitrogen and oxygen atoms in total. The Morgan fingerprint density at radius 2 is 2.45 bits per heavy atom. The van der Waals surface area contributed by atoms with E-state index in [9.17, 15) is 0 Å². The Morgan fingerprint density at radius 3 is 3.27 bits per heavy atom. The summed E-state index contributed by atoms with van der Waals surface area (Å²) in [5, 5.41) is 6.61. The van der Waals surface area contributed by atoms with Gasteiger partial charge in [0, 0.05) is 6.04 Å². The molecule has 0 spiro atoms. The third-order valence-corrected chi connectivity index (χ3v) is 2.78. The molecule has 0 aromatic heterocycles. The van der Waals surface area contributed by atoms with Gasteiger partial charge in [-0.2, -0.15) is 0 Å². The lowest BCUT2D eigenvalue weighted by Gasteiger charge is -2.30. The van der Waals surface area contributed by atoms with Crippen LogP contribution in [0.1, 0.15) is 19.3 Å². The molecule has 3 heteroatoms. The van der Waals surface area contributed by atoms with E-state index in [0.717, 1.165) is 0 Å². The van der Waals surface area contributed by atoms with E-state index in [-0.39, 0.29) is 0 Å². The van der Waals surface area contributed by atoms with Gasteiger partial charge in [-0.1, -0.05) is 0 Å². The molecule has 1 aliphatic carbocycles. The number of hydrogen-bond acceptors (Lipinski definition) is 3. The Morgan fingerprint density at radius 1 is 1.55 bits per heavy atom. The molecule has 2 aliphatic rings. The Kier molecular flexibility index (Phi) is 1.82. The average molecular weight is 153 g/mol. The quantitative estimate of drug-likeness (QED) is 0.561. The van der Waals surface area contributed by atoms with Crippen molar-refractivity contribution in [3.05, 3.63) is 0 Å². The molecule has 1 aliphatic heterocycles. The minimum atomic E-state index is 0.569. The first kappa shape index (κ1) is 7.10. The molecule has 0 aromatic carbocycles. The first-order valence-electron chi connectivity index (χ1n) is 4.35. The molecule has 0 saturated heterocycles. The van der Waals surface area contributed by atoms with Crippen LogP contribution < -0.4 is 10.6 Å². The first-order valence-corrected chi connectivity index (χ1v) is 4.35. The molecule has 62 valence electrons. The zero-order chi connectivity index (χ0) is 7.68. The number of rotatable bonds is 1. The van der Waals surface area contributed by atoms with E-state index in [1.807, 2.05) is 13.4 Å². The van der Waals surface area contributed by atoms with Crippen molar-refractivity contribution in [3.63, 3.8) is 0 Å². The van der Waals surface area contributed by atoms with Crippen molar-refractivity contribution >= 4 is 6.34 Å². The summed E-state index contributed by atoms with van der Waals surface area (Å²) in [6.45, 7) is 0. The minimum Gasteiger partial charge on any atom is -0.371 e. The van der Waals surface area contributed by atoms with Crippen molar-refractivity contribution in [2.75, 3.05) is 7.05 Å². The van der Waals surface area contributed by atoms with Gasteiger partial charge in [-0.25, -0.2) is 0 Å². The van der Waals surface area contributed by atoms with Gasteiger partial charge < -0.3 is 10.6 Å². The predicted molar refractivity (Wildman–Crippen MR) is 45.9 cm³/mol. The topological polar surface area (TPSA) is 36.4 Å². The monoisotopic (exact) mass is 153 g/mol. The van der Waals surface area contributed by atoms with Crippen LogP contribution in [0.4, 0.5) is 0 Å². The SMILES string of the molecule is CNC1CCC2N=CNC2C1. The maximum Gasteiger partial charge on any atom is 0.0831 e. The molecule has 3 atom stereocenters. The van der Waals surface area contributed by atoms with Gasteiger partial charge >= 0.3 is 0 Å². The van der Waals surface area contributed by atoms with Crippen LogP contribution in [0.15, 0.2) is 4.99 Å². The van der Waals surface area contributed by atoms with Crippen molar-refractivity contribution in [2.24, 2.45) is 4.99 Å². The summed E-state index contributed by atoms with van der Waals surface area (Å²) in [5.74, 6) is 0. The van der Waals surface area contributed by atoms with Crippen LogP contribution in [0.25, 0.3) is 0 Å². The fraction of sp³-hybridized carbons (Fsp3) is 0.875. The highest BCUT2D eigenvalue weighted by Gasteiger charge is 2.30. The lowest BCUT2D eigenvalue weighted by molar-refractivity contribution is 0.318. The summed E-state index contributed by atoms with van der Waals surface area (Å²) >= 11 is 0. The highest BCUT2D eigenvalue weighted by Crippen LogP contribution is 2.23. The van der Waals surface area contributed by atoms with E-state index in [1.54, 1.807) is 0 Å². The zero-order valence-corrected chi connectivity index (χ0v) is 6.88. The lowest BCUT2D eigenvalue weighted by atomic mass is 9.88. The molecule has 0 aromatic rings. The molecule has 0 radical (unpaired) electrons. The molecule has 1 saturated carbocycles. The Labute approximate surface area is 67.3 Å². The minimum absolute atomic E-state index is 0.569. The van der Waals surface area contributed by atoms with E-state index < -0.39 is 0 Å². The third kappa shape index (κ3) is 1.25. The van der Waals surface area contributed by atoms with E-state index >= 15 is 0 Å². The van der Waals surface area contributed by atoms with Gasteiger partial charge in [-0.3, -0.25) is 4.99 Å². The molecular weight excluding hydrogens is 138 g/mol. The molecule has 0 bridgehead atoms. The van der Waals surface area contributed by atoms with Gasteiger partial charge in [0.15, 0.2) is 0 Å². The summed E-state index contributed by atoms with van der Waals surface area (Å²) < 4.78 is 0. The molecule has 1 heterocycles. The second-order valence-corrected chi connectivity index (χ2v) is 3.42. The molecule has 3 unspecified atom stereocenters. The van der Waals surface area contributed by atoms with Gasteiger partial charge in [0.1, 0.15) is 0 Å². The maximum atomic E-state index is 4.36. The number of fused-ring (bicyclic) bond motifs is 1. The van der Waals surface area contributed by atoms with Crippen LogP contribution in [-0.4, -0.2) is 31.5 Å². The van der Waals surface area contributed by atoms with E-state index in [0.29, 0.717) is 18.1 Å². The standard InChI is InChI=1S/C8H15N3/c1-9-6-2-3-7-8(4-6)11-5-10-7/h5-9H,2-4H2,1H3,(H,10,11). The molecule has 2 N–H and O–H groups in total. The number of hydrogen-bond donors (Lipinski definition) is 2. The summed E-state index contributed by atoms with van der Waals surface area (Å²) in [6, 6.07) is 1.88. The van der Waals surface area contributed by atoms with E-state index in [4.69, 9.17) is 0 Å². The number of aliphatic imine (C=N–C) groups is 1. The first-order chi connectivity index (χ1) is 5.40. The summed E-state index contributed by atoms with van der Waals surface area (Å²) in [7, 11) is 2.04. The molecule has 2 rings (SSSR count). The van der Waals surface area contributed by atoms with Crippen LogP contribution in [0, 0.1) is 0 Å². The van der Waals surface area contributed by atoms with Crippen LogP contribution in [0.5, 0.6) is 0 Å². The van der Waals surface area contributed by atoms with Gasteiger partial charge in [0.25, 0.3) is 0 Å². The second kappa shape index (κ2) is 2.81. The smallest absolute Gasteiger partial charge is 0.0831 e. The van der Waals surface area contributed by atoms with Crippen LogP contribution in [0.2, 0.25) is 0 Å². The van der Waals surface area contributed by atoms with Crippen molar-refractivity contribution in [3.8, 4) is 0 Å². The van der Waals surface area contributed by atoms with Crippen LogP contribution in [0.3, 0.4) is 0 Å². The normalized spacial score (nSPS) is 41.7. The number of nitrogens with one attached hydrogen (secondary N) is 2. The molecule has 1 fully saturated rings. The predicted octanol–water partition coefficient (Wildman–Crippen LogP) is 0.127. The van der Waals surface area contributed by atoms with Crippen molar-refractivity contribution in [2.45, 2.75) is 37.4 Å². The summed E-state index contributed by atoms with van der Waals surface area (Å²) in [6.07, 6.45) is 5.60. The van der Waals surface area contributed by atoms with E-state index in [1.165, 1.54) is 19.3 Å². The fourth-order valence-corrected chi connectivity index (χ4v) is 2.01. The lowest BCUT2D eigenvalue weighted by Crippen LogP contribution is -2.44. The van der Waals surface area contributed by atoms with Gasteiger partial charge in [-0.15, -0.1) is 0 Å². The zero-order valence-electron chi connectivity index (χ0n) is 6.88. The summed E-state index contributed by atoms with van der Waals surface area (Å²) in [5.41, 5.74) is 0. The van der Waals surface area contributed by atoms with Crippen molar-refractivity contribution in [1.29, 1.82) is 0 Å². The molecular formula is C8H15N3. The van der Waals surface area contributed by atoms with Crippen molar-refractivity contribution < 1.29 is 0 Å². The van der Waals surface area contributed by atoms with Gasteiger partial charge in [0.2, 0.25) is 0 Å². The fourth-order valence-electron chi connectivity index (χ4n) is 2.01. The number of nitrogens with zero attached hydrogens (tertiary/aromatic N) is 1. The second-order valence-electron chi connectivity index (χ2n) is 3.42. The van der Waals surface area contributed by atoms with Gasteiger partial charge in [-0.05, 0) is 26.3 Å². The highest BCUT2D eigenvalue weighted by atomic mass is 15.1. The van der Waals surface area contributed by atoms with Crippen LogP contribution in [-0.2, 0) is 0 Å². The van der Waals surface area contributed by atoms with Gasteiger partial charge in [0.05, 0.1) is 18.4 Å². The maximum absolute atomic E-state index is 4.36. The highest BCUT2D eigenvalue weighted by molar-refractivity contribution is 5.58. The average Bonchev–Trinajstić information content (AvgIpc) is 2.50. The Balaban J connectivity index is 1.94. The third-order valence-electron chi connectivity index (χ3n) is 2.78. The molecule has 11 heavy (non-hydrogen) atoms. The van der Waals surface area contributed by atoms with E-state index in [2.05, 4.69) is 15.6 Å². The molecule has 0 amide bonds. The Bertz CT molecular complexity index is 167.